The Kier molecular flexibility index (Phi) is 5.84. The van der Waals surface area contributed by atoms with Gasteiger partial charge in [0.15, 0.2) is 0 Å². The fourth-order valence-corrected chi connectivity index (χ4v) is 8.22. The van der Waals surface area contributed by atoms with Crippen LogP contribution in [0.25, 0.3) is 76.5 Å². The van der Waals surface area contributed by atoms with Crippen molar-refractivity contribution in [2.75, 3.05) is 0 Å². The molecule has 0 amide bonds. The van der Waals surface area contributed by atoms with Crippen molar-refractivity contribution < 1.29 is 28.7 Å². The van der Waals surface area contributed by atoms with Gasteiger partial charge in [0, 0.05) is 43.1 Å². The number of ether oxygens (including phenoxy) is 2. The molecule has 0 spiro atoms. The molecule has 0 radical (unpaired) electrons. The quantitative estimate of drug-likeness (QED) is 0.116. The largest absolute Gasteiger partial charge is 0.386 e. The summed E-state index contributed by atoms with van der Waals surface area (Å²) in [4.78, 5) is 84.3. The van der Waals surface area contributed by atoms with Gasteiger partial charge in [0.1, 0.15) is 11.3 Å². The highest BCUT2D eigenvalue weighted by Gasteiger charge is 2.32. The van der Waals surface area contributed by atoms with Crippen molar-refractivity contribution in [1.82, 2.24) is 18.8 Å². The molecule has 0 fully saturated rings. The second-order valence-corrected chi connectivity index (χ2v) is 13.7. The predicted octanol–water partition coefficient (Wildman–Crippen LogP) is 7.11. The van der Waals surface area contributed by atoms with Gasteiger partial charge in [0.05, 0.1) is 54.4 Å². The van der Waals surface area contributed by atoms with E-state index >= 15 is 0 Å². The van der Waals surface area contributed by atoms with Gasteiger partial charge in [0.2, 0.25) is 0 Å². The Morgan fingerprint density at radius 1 is 0.444 bits per heavy atom. The summed E-state index contributed by atoms with van der Waals surface area (Å²) in [6.45, 7) is 0. The summed E-state index contributed by atoms with van der Waals surface area (Å²) in [6, 6.07) is 23.5. The summed E-state index contributed by atoms with van der Waals surface area (Å²) in [5, 5.41) is 4.80. The Morgan fingerprint density at radius 3 is 1.39 bits per heavy atom. The number of rotatable bonds is 0. The summed E-state index contributed by atoms with van der Waals surface area (Å²) >= 11 is 12.2. The molecule has 10 aromatic rings. The highest BCUT2D eigenvalue weighted by atomic mass is 35.5. The van der Waals surface area contributed by atoms with Crippen LogP contribution in [-0.2, 0) is 9.47 Å². The number of benzene rings is 6. The lowest BCUT2D eigenvalue weighted by Crippen LogP contribution is -2.21. The minimum absolute atomic E-state index is 0.226. The number of cyclic esters (lactones) is 4. The third-order valence-electron chi connectivity index (χ3n) is 10.2. The van der Waals surface area contributed by atoms with Gasteiger partial charge in [0.25, 0.3) is 11.1 Å². The van der Waals surface area contributed by atoms with E-state index < -0.39 is 23.9 Å². The van der Waals surface area contributed by atoms with E-state index in [9.17, 15) is 28.8 Å². The van der Waals surface area contributed by atoms with Crippen molar-refractivity contribution in [1.29, 1.82) is 0 Å². The van der Waals surface area contributed by atoms with Crippen molar-refractivity contribution in [2.45, 2.75) is 0 Å². The van der Waals surface area contributed by atoms with Crippen molar-refractivity contribution in [2.24, 2.45) is 0 Å². The first kappa shape index (κ1) is 30.6. The Balaban J connectivity index is 0.000000127. The van der Waals surface area contributed by atoms with Crippen LogP contribution in [0.15, 0.2) is 94.5 Å². The molecule has 12 nitrogen and oxygen atoms in total. The molecule has 0 saturated carbocycles. The number of imidazole rings is 2. The highest BCUT2D eigenvalue weighted by molar-refractivity contribution is 6.42. The van der Waals surface area contributed by atoms with Crippen LogP contribution in [0, 0.1) is 0 Å². The minimum Gasteiger partial charge on any atom is -0.386 e. The number of pyridine rings is 2. The van der Waals surface area contributed by atoms with Crippen LogP contribution in [0.4, 0.5) is 0 Å². The molecule has 14 heteroatoms. The van der Waals surface area contributed by atoms with Crippen LogP contribution >= 0.6 is 23.2 Å². The van der Waals surface area contributed by atoms with Gasteiger partial charge < -0.3 is 9.47 Å². The Morgan fingerprint density at radius 2 is 0.870 bits per heavy atom. The molecule has 0 atom stereocenters. The molecular weight excluding hydrogens is 735 g/mol. The minimum atomic E-state index is -0.730. The van der Waals surface area contributed by atoms with E-state index in [0.717, 1.165) is 10.9 Å². The van der Waals surface area contributed by atoms with E-state index in [1.54, 1.807) is 59.0 Å². The molecule has 256 valence electrons. The summed E-state index contributed by atoms with van der Waals surface area (Å²) in [5.41, 5.74) is 3.93. The highest BCUT2D eigenvalue weighted by Crippen LogP contribution is 2.38. The van der Waals surface area contributed by atoms with Crippen LogP contribution in [0.2, 0.25) is 10.0 Å². The number of esters is 4. The molecule has 0 N–H and O–H groups in total. The van der Waals surface area contributed by atoms with Crippen molar-refractivity contribution >= 4 is 124 Å². The molecule has 0 bridgehead atoms. The molecule has 2 aliphatic heterocycles. The number of hydrogen-bond donors (Lipinski definition) is 0. The van der Waals surface area contributed by atoms with Crippen molar-refractivity contribution in [3.05, 3.63) is 138 Å². The number of fused-ring (bicyclic) bond motifs is 8. The van der Waals surface area contributed by atoms with Gasteiger partial charge in [-0.05, 0) is 72.8 Å². The Hall–Kier alpha value is -7.02. The van der Waals surface area contributed by atoms with Gasteiger partial charge in [-0.3, -0.25) is 18.4 Å². The molecule has 0 saturated heterocycles. The number of halogens is 2. The Bertz CT molecular complexity index is 3570. The molecule has 0 aliphatic carbocycles. The van der Waals surface area contributed by atoms with E-state index in [4.69, 9.17) is 32.7 Å². The number of hydrogen-bond acceptors (Lipinski definition) is 10. The smallest absolute Gasteiger partial charge is 0.346 e. The first-order chi connectivity index (χ1) is 26.1. The summed E-state index contributed by atoms with van der Waals surface area (Å²) < 4.78 is 12.6. The molecule has 12 rings (SSSR count). The third-order valence-corrected chi connectivity index (χ3v) is 10.9. The number of carbonyl (C=O) groups excluding carboxylic acids is 4. The average molecular weight is 749 g/mol. The molecule has 6 aromatic carbocycles. The van der Waals surface area contributed by atoms with Crippen LogP contribution < -0.4 is 11.1 Å². The predicted molar refractivity (Wildman–Crippen MR) is 200 cm³/mol. The molecule has 4 aromatic heterocycles. The van der Waals surface area contributed by atoms with E-state index in [-0.39, 0.29) is 33.4 Å². The maximum absolute atomic E-state index is 13.3. The monoisotopic (exact) mass is 748 g/mol. The van der Waals surface area contributed by atoms with E-state index in [0.29, 0.717) is 75.6 Å². The second-order valence-electron chi connectivity index (χ2n) is 12.9. The molecule has 2 aliphatic rings. The zero-order chi connectivity index (χ0) is 36.9. The number of nitrogens with zero attached hydrogens (tertiary/aromatic N) is 4. The lowest BCUT2D eigenvalue weighted by molar-refractivity contribution is 0.0373. The third kappa shape index (κ3) is 3.77. The van der Waals surface area contributed by atoms with Crippen molar-refractivity contribution in [3.8, 4) is 0 Å². The zero-order valence-electron chi connectivity index (χ0n) is 26.9. The van der Waals surface area contributed by atoms with Crippen LogP contribution in [0.5, 0.6) is 0 Å². The van der Waals surface area contributed by atoms with Crippen LogP contribution in [-0.4, -0.2) is 42.6 Å². The first-order valence-electron chi connectivity index (χ1n) is 16.3. The SMILES string of the molecule is O=C1OC(=O)c2ccc3c4c2c1ccc4c(=O)n1c2cc(Cl)c(Cl)cc2nc31.O=C1OC(=O)c2ccc3c4c2c1ccc4c(=O)n1c2ccccc2nc31. The Labute approximate surface area is 307 Å². The lowest BCUT2D eigenvalue weighted by Gasteiger charge is -2.17. The fourth-order valence-electron chi connectivity index (χ4n) is 7.90. The van der Waals surface area contributed by atoms with Crippen LogP contribution in [0.1, 0.15) is 41.4 Å². The molecular formula is C40H14Cl2N4O8. The normalized spacial score (nSPS) is 14.0. The van der Waals surface area contributed by atoms with Gasteiger partial charge >= 0.3 is 23.9 Å². The van der Waals surface area contributed by atoms with Crippen molar-refractivity contribution in [3.63, 3.8) is 0 Å². The zero-order valence-corrected chi connectivity index (χ0v) is 28.4. The van der Waals surface area contributed by atoms with E-state index in [1.807, 2.05) is 24.3 Å². The topological polar surface area (TPSA) is 155 Å². The number of carbonyl (C=O) groups is 4. The van der Waals surface area contributed by atoms with E-state index in [2.05, 4.69) is 9.97 Å². The summed E-state index contributed by atoms with van der Waals surface area (Å²) in [6.07, 6.45) is 0. The van der Waals surface area contributed by atoms with Gasteiger partial charge in [-0.15, -0.1) is 0 Å². The maximum atomic E-state index is 13.3. The van der Waals surface area contributed by atoms with Gasteiger partial charge in [-0.25, -0.2) is 29.1 Å². The molecule has 54 heavy (non-hydrogen) atoms. The van der Waals surface area contributed by atoms with E-state index in [1.165, 1.54) is 10.5 Å². The summed E-state index contributed by atoms with van der Waals surface area (Å²) in [5.74, 6) is -2.85. The molecule has 6 heterocycles. The van der Waals surface area contributed by atoms with Crippen LogP contribution in [0.3, 0.4) is 0 Å². The number of aromatic nitrogens is 4. The maximum Gasteiger partial charge on any atom is 0.346 e. The van der Waals surface area contributed by atoms with Gasteiger partial charge in [-0.2, -0.15) is 0 Å². The average Bonchev–Trinajstić information content (AvgIpc) is 3.74. The standard InChI is InChI=1S/C20H6Cl2N2O4.C20H8N2O4/c21-11-5-13-14(6-12(11)22)24-17(23-13)7-1-3-9-16-10(20(27)28-19(9)26)4-2-8(15(7)16)18(24)25;23-18-10-6-8-12-16-11(19(24)26-20(12)25)7-5-9(15(10)16)17-21-13-3-1-2-4-14(13)22(17)18/h1-6H;1-8H. The fraction of sp³-hybridized carbons (Fsp3) is 0. The van der Waals surface area contributed by atoms with Gasteiger partial charge in [-0.1, -0.05) is 35.3 Å². The lowest BCUT2D eigenvalue weighted by atomic mass is 9.92. The second kappa shape index (κ2) is 10.3. The number of para-hydroxylation sites is 2. The molecule has 0 unspecified atom stereocenters. The summed E-state index contributed by atoms with van der Waals surface area (Å²) in [7, 11) is 0. The first-order valence-corrected chi connectivity index (χ1v) is 17.0.